The number of amides is 1. The van der Waals surface area contributed by atoms with Gasteiger partial charge in [0.2, 0.25) is 5.76 Å². The molecular formula is C14H15N5O2. The lowest BCUT2D eigenvalue weighted by Gasteiger charge is -2.31. The Bertz CT molecular complexity index is 624. The zero-order chi connectivity index (χ0) is 14.9. The predicted octanol–water partition coefficient (Wildman–Crippen LogP) is -0.0161. The summed E-state index contributed by atoms with van der Waals surface area (Å²) in [6.45, 7) is 1.25. The van der Waals surface area contributed by atoms with Crippen LogP contribution in [0.1, 0.15) is 12.1 Å². The van der Waals surface area contributed by atoms with E-state index in [0.29, 0.717) is 13.1 Å². The molecular weight excluding hydrogens is 270 g/mol. The van der Waals surface area contributed by atoms with Gasteiger partial charge < -0.3 is 15.5 Å². The quantitative estimate of drug-likeness (QED) is 0.757. The third kappa shape index (κ3) is 2.19. The van der Waals surface area contributed by atoms with Crippen LogP contribution in [0.4, 0.5) is 0 Å². The van der Waals surface area contributed by atoms with Gasteiger partial charge in [0.25, 0.3) is 5.91 Å². The van der Waals surface area contributed by atoms with Gasteiger partial charge in [-0.2, -0.15) is 5.26 Å². The van der Waals surface area contributed by atoms with Gasteiger partial charge in [0.1, 0.15) is 5.54 Å². The number of nitrogens with zero attached hydrogens (tertiary/aromatic N) is 3. The lowest BCUT2D eigenvalue weighted by molar-refractivity contribution is -0.119. The van der Waals surface area contributed by atoms with Crippen LogP contribution in [0.5, 0.6) is 0 Å². The smallest absolute Gasteiger partial charge is 0.286 e. The molecule has 1 amide bonds. The van der Waals surface area contributed by atoms with Crippen molar-refractivity contribution in [3.63, 3.8) is 0 Å². The fourth-order valence-corrected chi connectivity index (χ4v) is 2.89. The maximum absolute atomic E-state index is 11.4. The monoisotopic (exact) mass is 285 g/mol. The average molecular weight is 285 g/mol. The molecule has 0 aliphatic carbocycles. The molecule has 3 N–H and O–H groups in total. The van der Waals surface area contributed by atoms with E-state index in [1.54, 1.807) is 17.2 Å². The molecule has 1 saturated heterocycles. The number of pyridine rings is 1. The number of nitriles is 1. The number of likely N-dealkylation sites (tertiary alicyclic amines) is 1. The van der Waals surface area contributed by atoms with E-state index in [4.69, 9.17) is 15.8 Å². The van der Waals surface area contributed by atoms with Gasteiger partial charge in [0, 0.05) is 25.2 Å². The molecule has 2 aliphatic rings. The Balaban J connectivity index is 2.01. The van der Waals surface area contributed by atoms with E-state index >= 15 is 0 Å². The number of rotatable bonds is 3. The first-order valence-corrected chi connectivity index (χ1v) is 6.68. The van der Waals surface area contributed by atoms with Crippen molar-refractivity contribution in [1.29, 1.82) is 5.26 Å². The molecule has 0 saturated carbocycles. The number of nitrogens with two attached hydrogens (primary N) is 1. The van der Waals surface area contributed by atoms with Crippen LogP contribution in [0.2, 0.25) is 0 Å². The van der Waals surface area contributed by atoms with Gasteiger partial charge >= 0.3 is 0 Å². The van der Waals surface area contributed by atoms with Crippen LogP contribution < -0.4 is 11.2 Å². The Morgan fingerprint density at radius 3 is 3.05 bits per heavy atom. The molecule has 1 aromatic rings. The maximum atomic E-state index is 11.4. The molecule has 0 spiro atoms. The molecule has 108 valence electrons. The Labute approximate surface area is 122 Å². The molecule has 2 aliphatic heterocycles. The van der Waals surface area contributed by atoms with Gasteiger partial charge in [-0.15, -0.1) is 5.48 Å². The molecule has 1 fully saturated rings. The minimum Gasteiger partial charge on any atom is -0.402 e. The van der Waals surface area contributed by atoms with Crippen molar-refractivity contribution in [2.75, 3.05) is 13.1 Å². The molecule has 21 heavy (non-hydrogen) atoms. The van der Waals surface area contributed by atoms with Crippen LogP contribution in [-0.2, 0) is 15.2 Å². The number of aromatic nitrogens is 1. The van der Waals surface area contributed by atoms with Gasteiger partial charge in [-0.25, -0.2) is 0 Å². The largest absolute Gasteiger partial charge is 0.402 e. The fraction of sp³-hybridized carbons (Fsp3) is 0.357. The first kappa shape index (κ1) is 13.4. The van der Waals surface area contributed by atoms with Crippen LogP contribution in [0.3, 0.4) is 0 Å². The molecule has 1 aromatic heterocycles. The Morgan fingerprint density at radius 1 is 1.62 bits per heavy atom. The standard InChI is InChI=1S/C14H15N5O2/c15-9-19-6-4-10(8-19)14(12-3-1-2-5-17-12)7-11(13(16)20)21-18-14/h1-3,5,7,10,18H,4,6,8H2,(H2,16,20). The number of carbonyl (C=O) groups is 1. The summed E-state index contributed by atoms with van der Waals surface area (Å²) in [5.41, 5.74) is 8.21. The zero-order valence-electron chi connectivity index (χ0n) is 11.3. The molecule has 7 nitrogen and oxygen atoms in total. The summed E-state index contributed by atoms with van der Waals surface area (Å²) < 4.78 is 0. The van der Waals surface area contributed by atoms with Gasteiger partial charge in [-0.1, -0.05) is 6.07 Å². The highest BCUT2D eigenvalue weighted by Gasteiger charge is 2.48. The topological polar surface area (TPSA) is 104 Å². The molecule has 0 bridgehead atoms. The van der Waals surface area contributed by atoms with Crippen LogP contribution >= 0.6 is 0 Å². The fourth-order valence-electron chi connectivity index (χ4n) is 2.89. The Morgan fingerprint density at radius 2 is 2.48 bits per heavy atom. The van der Waals surface area contributed by atoms with Crippen LogP contribution in [-0.4, -0.2) is 28.9 Å². The van der Waals surface area contributed by atoms with E-state index in [-0.39, 0.29) is 11.7 Å². The number of primary amides is 1. The number of hydrogen-bond donors (Lipinski definition) is 2. The lowest BCUT2D eigenvalue weighted by atomic mass is 9.80. The first-order chi connectivity index (χ1) is 10.2. The van der Waals surface area contributed by atoms with E-state index in [2.05, 4.69) is 16.7 Å². The van der Waals surface area contributed by atoms with Crippen molar-refractivity contribution in [3.8, 4) is 6.19 Å². The molecule has 0 radical (unpaired) electrons. The molecule has 3 rings (SSSR count). The lowest BCUT2D eigenvalue weighted by Crippen LogP contribution is -2.45. The first-order valence-electron chi connectivity index (χ1n) is 6.68. The highest BCUT2D eigenvalue weighted by molar-refractivity contribution is 5.90. The normalized spacial score (nSPS) is 27.9. The summed E-state index contributed by atoms with van der Waals surface area (Å²) >= 11 is 0. The van der Waals surface area contributed by atoms with E-state index in [0.717, 1.165) is 12.1 Å². The van der Waals surface area contributed by atoms with Crippen molar-refractivity contribution >= 4 is 5.91 Å². The molecule has 3 heterocycles. The third-order valence-corrected chi connectivity index (χ3v) is 3.99. The van der Waals surface area contributed by atoms with Crippen LogP contribution in [0.25, 0.3) is 0 Å². The zero-order valence-corrected chi connectivity index (χ0v) is 11.3. The minimum absolute atomic E-state index is 0.0592. The average Bonchev–Trinajstić information content (AvgIpc) is 3.16. The van der Waals surface area contributed by atoms with Crippen molar-refractivity contribution < 1.29 is 9.63 Å². The van der Waals surface area contributed by atoms with E-state index in [1.165, 1.54) is 0 Å². The SMILES string of the molecule is N#CN1CCC(C2(c3ccccn3)C=C(C(N)=O)ON2)C1. The summed E-state index contributed by atoms with van der Waals surface area (Å²) in [5.74, 6) is -0.490. The summed E-state index contributed by atoms with van der Waals surface area (Å²) in [5, 5.41) is 9.04. The highest BCUT2D eigenvalue weighted by Crippen LogP contribution is 2.40. The minimum atomic E-state index is -0.739. The van der Waals surface area contributed by atoms with Gasteiger partial charge in [-0.05, 0) is 24.6 Å². The van der Waals surface area contributed by atoms with Gasteiger partial charge in [-0.3, -0.25) is 9.78 Å². The second kappa shape index (κ2) is 5.07. The summed E-state index contributed by atoms with van der Waals surface area (Å²) in [4.78, 5) is 22.7. The predicted molar refractivity (Wildman–Crippen MR) is 72.7 cm³/mol. The Hall–Kier alpha value is -2.59. The number of nitrogens with one attached hydrogen (secondary N) is 1. The molecule has 7 heteroatoms. The molecule has 0 aromatic carbocycles. The number of hydroxylamine groups is 1. The summed E-state index contributed by atoms with van der Waals surface area (Å²) in [7, 11) is 0. The highest BCUT2D eigenvalue weighted by atomic mass is 16.7. The number of hydrogen-bond acceptors (Lipinski definition) is 6. The summed E-state index contributed by atoms with van der Waals surface area (Å²) in [6, 6.07) is 5.56. The van der Waals surface area contributed by atoms with Gasteiger partial charge in [0.05, 0.1) is 5.69 Å². The van der Waals surface area contributed by atoms with Crippen LogP contribution in [0.15, 0.2) is 36.2 Å². The second-order valence-electron chi connectivity index (χ2n) is 5.19. The second-order valence-corrected chi connectivity index (χ2v) is 5.19. The van der Waals surface area contributed by atoms with Crippen molar-refractivity contribution in [2.45, 2.75) is 12.0 Å². The molecule has 2 atom stereocenters. The van der Waals surface area contributed by atoms with Crippen molar-refractivity contribution in [2.24, 2.45) is 11.7 Å². The maximum Gasteiger partial charge on any atom is 0.286 e. The summed E-state index contributed by atoms with van der Waals surface area (Å²) in [6.07, 6.45) is 6.32. The van der Waals surface area contributed by atoms with E-state index < -0.39 is 11.4 Å². The van der Waals surface area contributed by atoms with E-state index in [9.17, 15) is 4.79 Å². The third-order valence-electron chi connectivity index (χ3n) is 3.99. The van der Waals surface area contributed by atoms with E-state index in [1.807, 2.05) is 18.2 Å². The van der Waals surface area contributed by atoms with Crippen molar-refractivity contribution in [3.05, 3.63) is 41.9 Å². The van der Waals surface area contributed by atoms with Gasteiger partial charge in [0.15, 0.2) is 6.19 Å². The number of carbonyl (C=O) groups excluding carboxylic acids is 1. The van der Waals surface area contributed by atoms with Crippen molar-refractivity contribution in [1.82, 2.24) is 15.4 Å². The Kier molecular flexibility index (Phi) is 3.23. The molecule has 2 unspecified atom stereocenters. The van der Waals surface area contributed by atoms with Crippen LogP contribution in [0, 0.1) is 17.4 Å².